The summed E-state index contributed by atoms with van der Waals surface area (Å²) in [5, 5.41) is 0. The Morgan fingerprint density at radius 1 is 1.29 bits per heavy atom. The Hall–Kier alpha value is -1.06. The van der Waals surface area contributed by atoms with Crippen LogP contribution in [0.25, 0.3) is 0 Å². The van der Waals surface area contributed by atoms with Crippen LogP contribution in [-0.2, 0) is 6.42 Å². The number of nitrogens with zero attached hydrogens (tertiary/aromatic N) is 1. The SMILES string of the molecule is CCC1CCC(C)N1C(C)(CN)Cc1ccc(OC)cc1. The predicted octanol–water partition coefficient (Wildman–Crippen LogP) is 3.22. The molecule has 3 heteroatoms. The number of benzene rings is 1. The Bertz CT molecular complexity index is 445. The number of nitrogens with two attached hydrogens (primary N) is 1. The highest BCUT2D eigenvalue weighted by Gasteiger charge is 2.41. The summed E-state index contributed by atoms with van der Waals surface area (Å²) in [6.07, 6.45) is 4.80. The number of methoxy groups -OCH3 is 1. The van der Waals surface area contributed by atoms with Gasteiger partial charge in [0.1, 0.15) is 5.75 Å². The molecule has 1 aromatic rings. The van der Waals surface area contributed by atoms with E-state index in [1.54, 1.807) is 7.11 Å². The van der Waals surface area contributed by atoms with Gasteiger partial charge in [-0.05, 0) is 57.2 Å². The van der Waals surface area contributed by atoms with Crippen LogP contribution in [0.3, 0.4) is 0 Å². The number of ether oxygens (including phenoxy) is 1. The number of hydrogen-bond acceptors (Lipinski definition) is 3. The van der Waals surface area contributed by atoms with Crippen molar-refractivity contribution in [2.24, 2.45) is 5.73 Å². The van der Waals surface area contributed by atoms with E-state index >= 15 is 0 Å². The molecule has 1 fully saturated rings. The molecule has 3 atom stereocenters. The Morgan fingerprint density at radius 2 is 1.95 bits per heavy atom. The molecule has 2 N–H and O–H groups in total. The van der Waals surface area contributed by atoms with Crippen LogP contribution >= 0.6 is 0 Å². The molecule has 1 saturated heterocycles. The van der Waals surface area contributed by atoms with Gasteiger partial charge in [-0.15, -0.1) is 0 Å². The fourth-order valence-electron chi connectivity index (χ4n) is 3.90. The molecule has 3 unspecified atom stereocenters. The van der Waals surface area contributed by atoms with Gasteiger partial charge in [0.2, 0.25) is 0 Å². The van der Waals surface area contributed by atoms with Crippen molar-refractivity contribution in [2.45, 2.75) is 64.1 Å². The van der Waals surface area contributed by atoms with Crippen molar-refractivity contribution in [3.63, 3.8) is 0 Å². The Kier molecular flexibility index (Phi) is 5.28. The molecule has 0 saturated carbocycles. The van der Waals surface area contributed by atoms with Gasteiger partial charge in [-0.25, -0.2) is 0 Å². The quantitative estimate of drug-likeness (QED) is 0.874. The van der Waals surface area contributed by atoms with Crippen LogP contribution in [0.5, 0.6) is 5.75 Å². The standard InChI is InChI=1S/C18H30N2O/c1-5-16-9-6-14(2)20(16)18(3,13-19)12-15-7-10-17(21-4)11-8-15/h7-8,10-11,14,16H,5-6,9,12-13,19H2,1-4H3. The van der Waals surface area contributed by atoms with Gasteiger partial charge < -0.3 is 10.5 Å². The molecule has 1 aliphatic heterocycles. The second-order valence-electron chi connectivity index (χ2n) is 6.62. The monoisotopic (exact) mass is 290 g/mol. The van der Waals surface area contributed by atoms with Gasteiger partial charge in [0, 0.05) is 24.2 Å². The van der Waals surface area contributed by atoms with Gasteiger partial charge >= 0.3 is 0 Å². The molecule has 1 aromatic carbocycles. The lowest BCUT2D eigenvalue weighted by Crippen LogP contribution is -2.57. The van der Waals surface area contributed by atoms with Crippen molar-refractivity contribution >= 4 is 0 Å². The van der Waals surface area contributed by atoms with E-state index < -0.39 is 0 Å². The fourth-order valence-corrected chi connectivity index (χ4v) is 3.90. The first-order chi connectivity index (χ1) is 10.0. The fraction of sp³-hybridized carbons (Fsp3) is 0.667. The highest BCUT2D eigenvalue weighted by molar-refractivity contribution is 5.28. The van der Waals surface area contributed by atoms with Crippen molar-refractivity contribution in [3.8, 4) is 5.75 Å². The zero-order valence-electron chi connectivity index (χ0n) is 13.9. The van der Waals surface area contributed by atoms with Crippen molar-refractivity contribution < 1.29 is 4.74 Å². The molecule has 0 amide bonds. The molecule has 0 aromatic heterocycles. The summed E-state index contributed by atoms with van der Waals surface area (Å²) in [7, 11) is 1.71. The normalized spacial score (nSPS) is 25.8. The average molecular weight is 290 g/mol. The summed E-state index contributed by atoms with van der Waals surface area (Å²) in [5.41, 5.74) is 7.57. The topological polar surface area (TPSA) is 38.5 Å². The Balaban J connectivity index is 2.19. The average Bonchev–Trinajstić information content (AvgIpc) is 2.89. The van der Waals surface area contributed by atoms with E-state index in [-0.39, 0.29) is 5.54 Å². The summed E-state index contributed by atoms with van der Waals surface area (Å²) < 4.78 is 5.24. The lowest BCUT2D eigenvalue weighted by molar-refractivity contribution is 0.0595. The highest BCUT2D eigenvalue weighted by atomic mass is 16.5. The molecule has 0 aliphatic carbocycles. The largest absolute Gasteiger partial charge is 0.497 e. The van der Waals surface area contributed by atoms with Crippen LogP contribution in [0.2, 0.25) is 0 Å². The third kappa shape index (κ3) is 3.41. The maximum absolute atomic E-state index is 6.20. The van der Waals surface area contributed by atoms with Crippen molar-refractivity contribution in [2.75, 3.05) is 13.7 Å². The van der Waals surface area contributed by atoms with Gasteiger partial charge in [0.05, 0.1) is 7.11 Å². The zero-order valence-corrected chi connectivity index (χ0v) is 13.9. The second-order valence-corrected chi connectivity index (χ2v) is 6.62. The molecule has 3 nitrogen and oxygen atoms in total. The van der Waals surface area contributed by atoms with E-state index in [0.29, 0.717) is 18.6 Å². The minimum atomic E-state index is 0.0329. The molecular formula is C18H30N2O. The molecule has 0 spiro atoms. The first-order valence-corrected chi connectivity index (χ1v) is 8.15. The molecule has 21 heavy (non-hydrogen) atoms. The van der Waals surface area contributed by atoms with E-state index in [9.17, 15) is 0 Å². The van der Waals surface area contributed by atoms with Crippen LogP contribution in [0.15, 0.2) is 24.3 Å². The molecule has 0 bridgehead atoms. The highest BCUT2D eigenvalue weighted by Crippen LogP contribution is 2.35. The molecule has 0 radical (unpaired) electrons. The maximum atomic E-state index is 6.20. The van der Waals surface area contributed by atoms with Crippen LogP contribution < -0.4 is 10.5 Å². The first kappa shape index (κ1) is 16.3. The zero-order chi connectivity index (χ0) is 15.5. The minimum Gasteiger partial charge on any atom is -0.497 e. The first-order valence-electron chi connectivity index (χ1n) is 8.15. The second kappa shape index (κ2) is 6.80. The van der Waals surface area contributed by atoms with Gasteiger partial charge in [-0.2, -0.15) is 0 Å². The Labute approximate surface area is 129 Å². The van der Waals surface area contributed by atoms with Crippen molar-refractivity contribution in [1.82, 2.24) is 4.90 Å². The van der Waals surface area contributed by atoms with Gasteiger partial charge in [0.25, 0.3) is 0 Å². The van der Waals surface area contributed by atoms with Crippen LogP contribution in [-0.4, -0.2) is 36.2 Å². The molecular weight excluding hydrogens is 260 g/mol. The van der Waals surface area contributed by atoms with Crippen molar-refractivity contribution in [3.05, 3.63) is 29.8 Å². The molecule has 1 aliphatic rings. The number of likely N-dealkylation sites (tertiary alicyclic amines) is 1. The smallest absolute Gasteiger partial charge is 0.118 e. The van der Waals surface area contributed by atoms with Crippen LogP contribution in [0.1, 0.15) is 45.6 Å². The maximum Gasteiger partial charge on any atom is 0.118 e. The number of hydrogen-bond donors (Lipinski definition) is 1. The minimum absolute atomic E-state index is 0.0329. The summed E-state index contributed by atoms with van der Waals surface area (Å²) in [4.78, 5) is 2.68. The van der Waals surface area contributed by atoms with E-state index in [4.69, 9.17) is 10.5 Å². The van der Waals surface area contributed by atoms with Gasteiger partial charge in [0.15, 0.2) is 0 Å². The lowest BCUT2D eigenvalue weighted by atomic mass is 9.89. The van der Waals surface area contributed by atoms with E-state index in [2.05, 4.69) is 37.8 Å². The summed E-state index contributed by atoms with van der Waals surface area (Å²) in [6.45, 7) is 7.65. The van der Waals surface area contributed by atoms with Crippen LogP contribution in [0, 0.1) is 0 Å². The van der Waals surface area contributed by atoms with E-state index in [1.807, 2.05) is 12.1 Å². The molecule has 1 heterocycles. The molecule has 118 valence electrons. The Morgan fingerprint density at radius 3 is 2.48 bits per heavy atom. The predicted molar refractivity (Wildman–Crippen MR) is 88.8 cm³/mol. The lowest BCUT2D eigenvalue weighted by Gasteiger charge is -2.44. The molecule has 2 rings (SSSR count). The van der Waals surface area contributed by atoms with Gasteiger partial charge in [-0.3, -0.25) is 4.90 Å². The summed E-state index contributed by atoms with van der Waals surface area (Å²) in [5.74, 6) is 0.911. The van der Waals surface area contributed by atoms with E-state index in [0.717, 1.165) is 12.2 Å². The van der Waals surface area contributed by atoms with Crippen LogP contribution in [0.4, 0.5) is 0 Å². The third-order valence-corrected chi connectivity index (χ3v) is 5.06. The van der Waals surface area contributed by atoms with Crippen molar-refractivity contribution in [1.29, 1.82) is 0 Å². The third-order valence-electron chi connectivity index (χ3n) is 5.06. The summed E-state index contributed by atoms with van der Waals surface area (Å²) in [6, 6.07) is 9.70. The summed E-state index contributed by atoms with van der Waals surface area (Å²) >= 11 is 0. The van der Waals surface area contributed by atoms with Gasteiger partial charge in [-0.1, -0.05) is 19.1 Å². The van der Waals surface area contributed by atoms with E-state index in [1.165, 1.54) is 24.8 Å². The number of rotatable bonds is 6.